The molecule has 0 N–H and O–H groups in total. The Kier molecular flexibility index (Phi) is 8.36. The van der Waals surface area contributed by atoms with E-state index >= 15 is 0 Å². The maximum atomic E-state index is 11.5. The minimum Gasteiger partial charge on any atom is -0.496 e. The molecule has 0 atom stereocenters. The third kappa shape index (κ3) is 4.89. The van der Waals surface area contributed by atoms with Gasteiger partial charge in [-0.05, 0) is 30.3 Å². The van der Waals surface area contributed by atoms with E-state index in [2.05, 4.69) is 0 Å². The molecule has 1 heterocycles. The fourth-order valence-corrected chi connectivity index (χ4v) is 3.91. The Morgan fingerprint density at radius 1 is 0.906 bits per heavy atom. The lowest BCUT2D eigenvalue weighted by atomic mass is 10.1. The Morgan fingerprint density at radius 3 is 1.94 bits per heavy atom. The van der Waals surface area contributed by atoms with Gasteiger partial charge in [-0.2, -0.15) is 0 Å². The number of ether oxygens (including phenoxy) is 5. The summed E-state index contributed by atoms with van der Waals surface area (Å²) in [5, 5.41) is 11.6. The largest absolute Gasteiger partial charge is 0.496 e. The number of nitrogens with zero attached hydrogens (tertiary/aromatic N) is 1. The Morgan fingerprint density at radius 2 is 1.44 bits per heavy atom. The van der Waals surface area contributed by atoms with E-state index in [0.717, 1.165) is 15.8 Å². The smallest absolute Gasteiger partial charge is 0.348 e. The van der Waals surface area contributed by atoms with Gasteiger partial charge >= 0.3 is 11.7 Å². The molecule has 0 radical (unpaired) electrons. The number of aldehydes is 1. The number of hydrogen-bond donors (Lipinski definition) is 0. The predicted molar refractivity (Wildman–Crippen MR) is 118 cm³/mol. The molecule has 0 unspecified atom stereocenters. The number of rotatable bonds is 7. The number of nitro groups is 1. The van der Waals surface area contributed by atoms with Crippen molar-refractivity contribution in [2.75, 3.05) is 35.5 Å². The monoisotopic (exact) mass is 463 g/mol. The zero-order valence-corrected chi connectivity index (χ0v) is 18.8. The molecule has 0 saturated heterocycles. The second-order valence-corrected chi connectivity index (χ2v) is 6.97. The second kappa shape index (κ2) is 11.0. The summed E-state index contributed by atoms with van der Waals surface area (Å²) in [5.74, 6) is 1.27. The molecule has 0 fully saturated rings. The molecule has 2 aromatic carbocycles. The molecule has 0 aliphatic rings. The number of nitro benzene ring substituents is 1. The van der Waals surface area contributed by atoms with Gasteiger partial charge in [0.25, 0.3) is 0 Å². The number of carbonyl (C=O) groups is 2. The molecule has 0 bridgehead atoms. The van der Waals surface area contributed by atoms with Crippen molar-refractivity contribution >= 4 is 39.4 Å². The van der Waals surface area contributed by atoms with E-state index in [1.165, 1.54) is 44.8 Å². The van der Waals surface area contributed by atoms with Crippen LogP contribution in [0.15, 0.2) is 30.3 Å². The lowest BCUT2D eigenvalue weighted by molar-refractivity contribution is -0.386. The van der Waals surface area contributed by atoms with Crippen molar-refractivity contribution in [2.45, 2.75) is 0 Å². The molecule has 0 aliphatic heterocycles. The molecular formula is C21H21NO9S. The van der Waals surface area contributed by atoms with Crippen LogP contribution in [0.1, 0.15) is 20.0 Å². The van der Waals surface area contributed by atoms with Crippen LogP contribution in [-0.2, 0) is 4.74 Å². The molecule has 3 rings (SSSR count). The molecule has 170 valence electrons. The van der Waals surface area contributed by atoms with Gasteiger partial charge in [-0.1, -0.05) is 0 Å². The summed E-state index contributed by atoms with van der Waals surface area (Å²) in [4.78, 5) is 32.8. The highest BCUT2D eigenvalue weighted by Gasteiger charge is 2.24. The van der Waals surface area contributed by atoms with Gasteiger partial charge in [0.15, 0.2) is 12.0 Å². The number of esters is 1. The first kappa shape index (κ1) is 24.4. The van der Waals surface area contributed by atoms with Gasteiger partial charge in [-0.25, -0.2) is 4.79 Å². The highest BCUT2D eigenvalue weighted by molar-refractivity contribution is 7.21. The van der Waals surface area contributed by atoms with Crippen molar-refractivity contribution in [3.05, 3.63) is 50.9 Å². The maximum absolute atomic E-state index is 11.5. The topological polar surface area (TPSA) is 123 Å². The summed E-state index contributed by atoms with van der Waals surface area (Å²) in [6.07, 6.45) is 0.374. The molecule has 10 nitrogen and oxygen atoms in total. The van der Waals surface area contributed by atoms with Crippen molar-refractivity contribution in [3.63, 3.8) is 0 Å². The molecule has 11 heteroatoms. The van der Waals surface area contributed by atoms with Crippen LogP contribution >= 0.6 is 11.3 Å². The summed E-state index contributed by atoms with van der Waals surface area (Å²) in [5.41, 5.74) is -0.506. The summed E-state index contributed by atoms with van der Waals surface area (Å²) >= 11 is 1.33. The van der Waals surface area contributed by atoms with Crippen LogP contribution in [0.2, 0.25) is 0 Å². The van der Waals surface area contributed by atoms with E-state index in [4.69, 9.17) is 23.7 Å². The van der Waals surface area contributed by atoms with Crippen LogP contribution in [0.5, 0.6) is 23.0 Å². The van der Waals surface area contributed by atoms with Crippen LogP contribution in [0.3, 0.4) is 0 Å². The number of benzene rings is 2. The fraction of sp³-hybridized carbons (Fsp3) is 0.238. The van der Waals surface area contributed by atoms with Crippen LogP contribution < -0.4 is 18.9 Å². The van der Waals surface area contributed by atoms with Crippen LogP contribution in [-0.4, -0.2) is 52.7 Å². The van der Waals surface area contributed by atoms with E-state index < -0.39 is 4.92 Å². The van der Waals surface area contributed by atoms with Gasteiger partial charge in [0, 0.05) is 5.39 Å². The third-order valence-electron chi connectivity index (χ3n) is 4.31. The predicted octanol–water partition coefficient (Wildman–Crippen LogP) is 4.13. The van der Waals surface area contributed by atoms with Gasteiger partial charge in [0.05, 0.1) is 45.2 Å². The van der Waals surface area contributed by atoms with Gasteiger partial charge in [0.2, 0.25) is 0 Å². The molecule has 32 heavy (non-hydrogen) atoms. The number of methoxy groups -OCH3 is 5. The van der Waals surface area contributed by atoms with Crippen LogP contribution in [0, 0.1) is 10.1 Å². The Hall–Kier alpha value is -3.86. The van der Waals surface area contributed by atoms with Crippen LogP contribution in [0.25, 0.3) is 10.1 Å². The average Bonchev–Trinajstić information content (AvgIpc) is 3.27. The number of thiophene rings is 1. The third-order valence-corrected chi connectivity index (χ3v) is 5.44. The van der Waals surface area contributed by atoms with Gasteiger partial charge < -0.3 is 23.7 Å². The first-order chi connectivity index (χ1) is 15.4. The van der Waals surface area contributed by atoms with E-state index in [0.29, 0.717) is 16.9 Å². The Balaban J connectivity index is 0.000000229. The zero-order valence-electron chi connectivity index (χ0n) is 18.0. The number of fused-ring (bicyclic) bond motifs is 1. The minimum absolute atomic E-state index is 0.0305. The quantitative estimate of drug-likeness (QED) is 0.220. The molecule has 3 aromatic rings. The lowest BCUT2D eigenvalue weighted by Gasteiger charge is -2.07. The molecule has 0 amide bonds. The van der Waals surface area contributed by atoms with Crippen molar-refractivity contribution in [3.8, 4) is 23.0 Å². The van der Waals surface area contributed by atoms with Crippen molar-refractivity contribution in [1.82, 2.24) is 0 Å². The fourth-order valence-electron chi connectivity index (χ4n) is 2.83. The van der Waals surface area contributed by atoms with Gasteiger partial charge in [-0.15, -0.1) is 11.3 Å². The van der Waals surface area contributed by atoms with E-state index in [9.17, 15) is 19.7 Å². The summed E-state index contributed by atoms with van der Waals surface area (Å²) in [7, 11) is 7.18. The molecular weight excluding hydrogens is 442 g/mol. The zero-order chi connectivity index (χ0) is 23.8. The molecule has 0 aliphatic carbocycles. The van der Waals surface area contributed by atoms with Gasteiger partial charge in [-0.3, -0.25) is 14.9 Å². The summed E-state index contributed by atoms with van der Waals surface area (Å²) < 4.78 is 25.7. The molecule has 0 spiro atoms. The molecule has 0 saturated carbocycles. The SMILES string of the molecule is COC(=O)c1cc2c(OC)ccc(OC)c2s1.COc1ccc(OC)c([N+](=O)[O-])c1C=O. The minimum atomic E-state index is -0.676. The standard InChI is InChI=1S/C12H12O4S.C9H9NO5/c1-14-8-4-5-9(15-2)11-7(8)6-10(17-11)12(13)16-3;1-14-7-3-4-8(15-2)9(10(12)13)6(7)5-11/h4-6H,1-3H3;3-5H,1-2H3. The van der Waals surface area contributed by atoms with Crippen molar-refractivity contribution in [1.29, 1.82) is 0 Å². The van der Waals surface area contributed by atoms with E-state index in [1.54, 1.807) is 20.3 Å². The normalized spacial score (nSPS) is 9.91. The second-order valence-electron chi connectivity index (χ2n) is 5.92. The molecule has 1 aromatic heterocycles. The average molecular weight is 463 g/mol. The van der Waals surface area contributed by atoms with E-state index in [1.807, 2.05) is 12.1 Å². The highest BCUT2D eigenvalue weighted by Crippen LogP contribution is 2.39. The first-order valence-corrected chi connectivity index (χ1v) is 9.75. The first-order valence-electron chi connectivity index (χ1n) is 8.94. The van der Waals surface area contributed by atoms with E-state index in [-0.39, 0.29) is 28.7 Å². The van der Waals surface area contributed by atoms with Crippen LogP contribution in [0.4, 0.5) is 5.69 Å². The van der Waals surface area contributed by atoms with Crippen molar-refractivity contribution < 1.29 is 38.2 Å². The maximum Gasteiger partial charge on any atom is 0.348 e. The number of carbonyl (C=O) groups excluding carboxylic acids is 2. The summed E-state index contributed by atoms with van der Waals surface area (Å²) in [6, 6.07) is 8.21. The Labute approximate surface area is 187 Å². The van der Waals surface area contributed by atoms with Crippen molar-refractivity contribution in [2.24, 2.45) is 0 Å². The lowest BCUT2D eigenvalue weighted by Crippen LogP contribution is -2.00. The number of hydrogen-bond acceptors (Lipinski definition) is 10. The van der Waals surface area contributed by atoms with Gasteiger partial charge in [0.1, 0.15) is 27.7 Å². The highest BCUT2D eigenvalue weighted by atomic mass is 32.1. The Bertz CT molecular complexity index is 1100. The summed E-state index contributed by atoms with van der Waals surface area (Å²) in [6.45, 7) is 0.